The standard InChI is InChI=1S/C21H24N2O2/c1-16-6-10-18(11-7-16)23(21-5-3-4-14-22-21)15-20(24)17-8-12-19(25-2)13-9-17/h6-13H,3-5,14-15H2,1-2H3. The number of carbonyl (C=O) groups excluding carboxylic acids is 1. The quantitative estimate of drug-likeness (QED) is 0.766. The van der Waals surface area contributed by atoms with Gasteiger partial charge in [-0.3, -0.25) is 9.79 Å². The van der Waals surface area contributed by atoms with Gasteiger partial charge < -0.3 is 9.64 Å². The predicted molar refractivity (Wildman–Crippen MR) is 102 cm³/mol. The second-order valence-corrected chi connectivity index (χ2v) is 6.33. The molecule has 0 aliphatic carbocycles. The molecule has 2 aromatic rings. The Morgan fingerprint density at radius 1 is 1.08 bits per heavy atom. The largest absolute Gasteiger partial charge is 0.497 e. The molecule has 0 radical (unpaired) electrons. The van der Waals surface area contributed by atoms with E-state index in [4.69, 9.17) is 4.74 Å². The Balaban J connectivity index is 1.84. The predicted octanol–water partition coefficient (Wildman–Crippen LogP) is 4.28. The normalized spacial score (nSPS) is 13.9. The topological polar surface area (TPSA) is 41.9 Å². The number of benzene rings is 2. The van der Waals surface area contributed by atoms with Crippen LogP contribution in [-0.2, 0) is 0 Å². The van der Waals surface area contributed by atoms with E-state index in [0.717, 1.165) is 43.1 Å². The van der Waals surface area contributed by atoms with Crippen LogP contribution in [0.15, 0.2) is 53.5 Å². The lowest BCUT2D eigenvalue weighted by Gasteiger charge is -2.28. The zero-order valence-corrected chi connectivity index (χ0v) is 14.9. The van der Waals surface area contributed by atoms with E-state index >= 15 is 0 Å². The van der Waals surface area contributed by atoms with Crippen molar-refractivity contribution in [3.63, 3.8) is 0 Å². The molecule has 0 bridgehead atoms. The first kappa shape index (κ1) is 17.2. The molecule has 4 nitrogen and oxygen atoms in total. The number of ketones is 1. The molecule has 2 aromatic carbocycles. The SMILES string of the molecule is COc1ccc(C(=O)CN(C2=NCCCC2)c2ccc(C)cc2)cc1. The van der Waals surface area contributed by atoms with Crippen LogP contribution in [0.1, 0.15) is 35.2 Å². The van der Waals surface area contributed by atoms with E-state index in [9.17, 15) is 4.79 Å². The van der Waals surface area contributed by atoms with Crippen LogP contribution in [0.3, 0.4) is 0 Å². The van der Waals surface area contributed by atoms with Crippen molar-refractivity contribution in [3.05, 3.63) is 59.7 Å². The van der Waals surface area contributed by atoms with Crippen molar-refractivity contribution in [2.45, 2.75) is 26.2 Å². The van der Waals surface area contributed by atoms with Gasteiger partial charge in [-0.2, -0.15) is 0 Å². The number of aryl methyl sites for hydroxylation is 1. The van der Waals surface area contributed by atoms with Crippen LogP contribution in [0.4, 0.5) is 5.69 Å². The Bertz CT molecular complexity index is 748. The van der Waals surface area contributed by atoms with Crippen molar-refractivity contribution in [2.24, 2.45) is 4.99 Å². The molecule has 0 atom stereocenters. The van der Waals surface area contributed by atoms with E-state index in [2.05, 4.69) is 41.1 Å². The molecule has 1 heterocycles. The van der Waals surface area contributed by atoms with Gasteiger partial charge in [0.2, 0.25) is 0 Å². The Morgan fingerprint density at radius 3 is 2.40 bits per heavy atom. The van der Waals surface area contributed by atoms with Gasteiger partial charge in [0, 0.05) is 24.2 Å². The van der Waals surface area contributed by atoms with Crippen LogP contribution < -0.4 is 9.64 Å². The number of amidine groups is 1. The lowest BCUT2D eigenvalue weighted by Crippen LogP contribution is -2.37. The molecule has 0 unspecified atom stereocenters. The van der Waals surface area contributed by atoms with Gasteiger partial charge >= 0.3 is 0 Å². The van der Waals surface area contributed by atoms with Gasteiger partial charge in [-0.05, 0) is 56.2 Å². The van der Waals surface area contributed by atoms with E-state index in [1.54, 1.807) is 7.11 Å². The zero-order chi connectivity index (χ0) is 17.6. The van der Waals surface area contributed by atoms with Gasteiger partial charge in [0.25, 0.3) is 0 Å². The summed E-state index contributed by atoms with van der Waals surface area (Å²) >= 11 is 0. The van der Waals surface area contributed by atoms with Crippen LogP contribution in [0.25, 0.3) is 0 Å². The van der Waals surface area contributed by atoms with Crippen LogP contribution >= 0.6 is 0 Å². The van der Waals surface area contributed by atoms with Crippen LogP contribution in [0.5, 0.6) is 5.75 Å². The Labute approximate surface area is 149 Å². The molecule has 130 valence electrons. The van der Waals surface area contributed by atoms with Gasteiger partial charge in [0.1, 0.15) is 11.6 Å². The van der Waals surface area contributed by atoms with Crippen LogP contribution in [0.2, 0.25) is 0 Å². The van der Waals surface area contributed by atoms with Crippen molar-refractivity contribution in [3.8, 4) is 5.75 Å². The number of Topliss-reactive ketones (excluding diaryl/α,β-unsaturated/α-hetero) is 1. The molecule has 25 heavy (non-hydrogen) atoms. The number of carbonyl (C=O) groups is 1. The number of ether oxygens (including phenoxy) is 1. The van der Waals surface area contributed by atoms with Crippen LogP contribution in [-0.4, -0.2) is 31.8 Å². The molecule has 0 amide bonds. The number of hydrogen-bond acceptors (Lipinski definition) is 4. The monoisotopic (exact) mass is 336 g/mol. The summed E-state index contributed by atoms with van der Waals surface area (Å²) in [4.78, 5) is 19.5. The fraction of sp³-hybridized carbons (Fsp3) is 0.333. The summed E-state index contributed by atoms with van der Waals surface area (Å²) < 4.78 is 5.16. The summed E-state index contributed by atoms with van der Waals surface area (Å²) in [6.45, 7) is 3.21. The Hall–Kier alpha value is -2.62. The van der Waals surface area contributed by atoms with E-state index < -0.39 is 0 Å². The van der Waals surface area contributed by atoms with E-state index in [-0.39, 0.29) is 5.78 Å². The molecule has 0 aromatic heterocycles. The fourth-order valence-corrected chi connectivity index (χ4v) is 2.97. The first-order valence-corrected chi connectivity index (χ1v) is 8.72. The third-order valence-corrected chi connectivity index (χ3v) is 4.47. The van der Waals surface area contributed by atoms with Gasteiger partial charge in [-0.25, -0.2) is 0 Å². The van der Waals surface area contributed by atoms with E-state index in [1.165, 1.54) is 5.56 Å². The van der Waals surface area contributed by atoms with Gasteiger partial charge in [-0.15, -0.1) is 0 Å². The van der Waals surface area contributed by atoms with Gasteiger partial charge in [0.05, 0.1) is 13.7 Å². The molecular weight excluding hydrogens is 312 g/mol. The molecule has 1 aliphatic heterocycles. The number of aliphatic imine (C=N–C) groups is 1. The molecule has 0 N–H and O–H groups in total. The third kappa shape index (κ3) is 4.27. The average Bonchev–Trinajstić information content (AvgIpc) is 2.67. The van der Waals surface area contributed by atoms with Gasteiger partial charge in [0.15, 0.2) is 5.78 Å². The summed E-state index contributed by atoms with van der Waals surface area (Å²) in [7, 11) is 1.62. The van der Waals surface area contributed by atoms with Crippen molar-refractivity contribution >= 4 is 17.3 Å². The molecular formula is C21H24N2O2. The summed E-state index contributed by atoms with van der Waals surface area (Å²) in [5, 5.41) is 0. The summed E-state index contributed by atoms with van der Waals surface area (Å²) in [6, 6.07) is 15.5. The number of rotatable bonds is 5. The smallest absolute Gasteiger partial charge is 0.182 e. The molecule has 1 aliphatic rings. The summed E-state index contributed by atoms with van der Waals surface area (Å²) in [5.41, 5.74) is 2.91. The van der Waals surface area contributed by atoms with Crippen molar-refractivity contribution < 1.29 is 9.53 Å². The van der Waals surface area contributed by atoms with Crippen molar-refractivity contribution in [2.75, 3.05) is 25.1 Å². The summed E-state index contributed by atoms with van der Waals surface area (Å²) in [6.07, 6.45) is 3.17. The second-order valence-electron chi connectivity index (χ2n) is 6.33. The number of hydrogen-bond donors (Lipinski definition) is 0. The molecule has 0 spiro atoms. The minimum atomic E-state index is 0.0801. The molecule has 4 heteroatoms. The van der Waals surface area contributed by atoms with E-state index in [1.807, 2.05) is 24.3 Å². The highest BCUT2D eigenvalue weighted by Crippen LogP contribution is 2.21. The molecule has 0 saturated heterocycles. The lowest BCUT2D eigenvalue weighted by molar-refractivity contribution is 0.100. The number of anilines is 1. The van der Waals surface area contributed by atoms with Crippen LogP contribution in [0, 0.1) is 6.92 Å². The number of nitrogens with zero attached hydrogens (tertiary/aromatic N) is 2. The van der Waals surface area contributed by atoms with E-state index in [0.29, 0.717) is 12.1 Å². The zero-order valence-electron chi connectivity index (χ0n) is 14.9. The minimum Gasteiger partial charge on any atom is -0.497 e. The maximum atomic E-state index is 12.8. The lowest BCUT2D eigenvalue weighted by atomic mass is 10.1. The summed E-state index contributed by atoms with van der Waals surface area (Å²) in [5.74, 6) is 1.84. The first-order chi connectivity index (χ1) is 12.2. The highest BCUT2D eigenvalue weighted by Gasteiger charge is 2.20. The van der Waals surface area contributed by atoms with Crippen molar-refractivity contribution in [1.82, 2.24) is 0 Å². The maximum absolute atomic E-state index is 12.8. The third-order valence-electron chi connectivity index (χ3n) is 4.47. The Morgan fingerprint density at radius 2 is 1.80 bits per heavy atom. The maximum Gasteiger partial charge on any atom is 0.182 e. The molecule has 0 saturated carbocycles. The average molecular weight is 336 g/mol. The van der Waals surface area contributed by atoms with Gasteiger partial charge in [-0.1, -0.05) is 17.7 Å². The first-order valence-electron chi connectivity index (χ1n) is 8.72. The Kier molecular flexibility index (Phi) is 5.49. The highest BCUT2D eigenvalue weighted by molar-refractivity contribution is 6.07. The highest BCUT2D eigenvalue weighted by atomic mass is 16.5. The fourth-order valence-electron chi connectivity index (χ4n) is 2.97. The minimum absolute atomic E-state index is 0.0801. The number of methoxy groups -OCH3 is 1. The second kappa shape index (κ2) is 7.97. The van der Waals surface area contributed by atoms with Crippen molar-refractivity contribution in [1.29, 1.82) is 0 Å². The molecule has 3 rings (SSSR count). The molecule has 0 fully saturated rings.